The number of hydrogen-bond donors (Lipinski definition) is 0. The van der Waals surface area contributed by atoms with E-state index in [1.165, 1.54) is 0 Å². The summed E-state index contributed by atoms with van der Waals surface area (Å²) in [5.74, 6) is -0.149. The molecule has 2 heterocycles. The third-order valence-electron chi connectivity index (χ3n) is 4.13. The molecule has 27 heavy (non-hydrogen) atoms. The Hall–Kier alpha value is -3.18. The van der Waals surface area contributed by atoms with Crippen molar-refractivity contribution in [3.8, 4) is 0 Å². The molecule has 0 radical (unpaired) electrons. The highest BCUT2D eigenvalue weighted by atomic mass is 35.5. The van der Waals surface area contributed by atoms with Crippen molar-refractivity contribution in [1.82, 2.24) is 9.78 Å². The second kappa shape index (κ2) is 7.21. The van der Waals surface area contributed by atoms with Gasteiger partial charge in [0.15, 0.2) is 5.70 Å². The Labute approximate surface area is 161 Å². The number of nitrogens with zero attached hydrogens (tertiary/aromatic N) is 3. The molecule has 0 atom stereocenters. The summed E-state index contributed by atoms with van der Waals surface area (Å²) in [5, 5.41) is 5.02. The zero-order valence-corrected chi connectivity index (χ0v) is 15.3. The number of carbonyl (C=O) groups is 1. The quantitative estimate of drug-likeness (QED) is 0.504. The highest BCUT2D eigenvalue weighted by molar-refractivity contribution is 6.31. The van der Waals surface area contributed by atoms with Crippen molar-refractivity contribution in [2.75, 3.05) is 0 Å². The number of aromatic nitrogens is 2. The van der Waals surface area contributed by atoms with Gasteiger partial charge in [-0.1, -0.05) is 47.5 Å². The number of halogens is 1. The normalized spacial score (nSPS) is 15.1. The molecule has 2 aromatic carbocycles. The van der Waals surface area contributed by atoms with Crippen LogP contribution in [0.3, 0.4) is 0 Å². The van der Waals surface area contributed by atoms with Crippen LogP contribution in [0.5, 0.6) is 0 Å². The van der Waals surface area contributed by atoms with Crippen molar-refractivity contribution in [2.24, 2.45) is 4.99 Å². The zero-order valence-electron chi connectivity index (χ0n) is 14.6. The second-order valence-electron chi connectivity index (χ2n) is 6.27. The van der Waals surface area contributed by atoms with E-state index < -0.39 is 5.97 Å². The fourth-order valence-electron chi connectivity index (χ4n) is 2.81. The third-order valence-corrected chi connectivity index (χ3v) is 4.50. The minimum atomic E-state index is -0.467. The van der Waals surface area contributed by atoms with Crippen molar-refractivity contribution in [3.05, 3.63) is 93.9 Å². The van der Waals surface area contributed by atoms with Crippen LogP contribution < -0.4 is 0 Å². The number of benzene rings is 2. The van der Waals surface area contributed by atoms with Crippen molar-refractivity contribution >= 4 is 29.5 Å². The van der Waals surface area contributed by atoms with Gasteiger partial charge in [-0.25, -0.2) is 9.79 Å². The lowest BCUT2D eigenvalue weighted by molar-refractivity contribution is -0.129. The SMILES string of the molecule is Cc1cccc(C2=N/C(=C\c3cnn(Cc4ccccc4Cl)c3)C(=O)O2)c1. The number of ether oxygens (including phenoxy) is 1. The first-order chi connectivity index (χ1) is 13.1. The Kier molecular flexibility index (Phi) is 4.60. The molecule has 1 aromatic heterocycles. The Bertz CT molecular complexity index is 1080. The fourth-order valence-corrected chi connectivity index (χ4v) is 3.01. The van der Waals surface area contributed by atoms with Gasteiger partial charge >= 0.3 is 5.97 Å². The van der Waals surface area contributed by atoms with Gasteiger partial charge in [0.25, 0.3) is 0 Å². The minimum Gasteiger partial charge on any atom is -0.402 e. The van der Waals surface area contributed by atoms with Crippen LogP contribution in [-0.4, -0.2) is 21.6 Å². The summed E-state index contributed by atoms with van der Waals surface area (Å²) in [6, 6.07) is 15.3. The van der Waals surface area contributed by atoms with E-state index in [-0.39, 0.29) is 5.70 Å². The summed E-state index contributed by atoms with van der Waals surface area (Å²) >= 11 is 6.19. The van der Waals surface area contributed by atoms with Crippen molar-refractivity contribution in [2.45, 2.75) is 13.5 Å². The average Bonchev–Trinajstić information content (AvgIpc) is 3.24. The van der Waals surface area contributed by atoms with Crippen molar-refractivity contribution in [1.29, 1.82) is 0 Å². The maximum Gasteiger partial charge on any atom is 0.363 e. The number of esters is 1. The number of rotatable bonds is 4. The average molecular weight is 378 g/mol. The van der Waals surface area contributed by atoms with E-state index in [0.29, 0.717) is 17.5 Å². The van der Waals surface area contributed by atoms with Gasteiger partial charge in [0.2, 0.25) is 5.90 Å². The van der Waals surface area contributed by atoms with E-state index in [9.17, 15) is 4.79 Å². The van der Waals surface area contributed by atoms with E-state index in [2.05, 4.69) is 10.1 Å². The summed E-state index contributed by atoms with van der Waals surface area (Å²) in [6.07, 6.45) is 5.18. The highest BCUT2D eigenvalue weighted by Crippen LogP contribution is 2.20. The predicted octanol–water partition coefficient (Wildman–Crippen LogP) is 4.24. The molecular weight excluding hydrogens is 362 g/mol. The van der Waals surface area contributed by atoms with E-state index in [0.717, 1.165) is 22.3 Å². The Morgan fingerprint density at radius 1 is 1.19 bits per heavy atom. The van der Waals surface area contributed by atoms with Gasteiger partial charge in [-0.3, -0.25) is 4.68 Å². The molecule has 1 aliphatic rings. The zero-order chi connectivity index (χ0) is 18.8. The molecule has 0 spiro atoms. The predicted molar refractivity (Wildman–Crippen MR) is 105 cm³/mol. The van der Waals surface area contributed by atoms with Gasteiger partial charge < -0.3 is 4.74 Å². The first-order valence-corrected chi connectivity index (χ1v) is 8.82. The van der Waals surface area contributed by atoms with Crippen molar-refractivity contribution in [3.63, 3.8) is 0 Å². The first kappa shape index (κ1) is 17.2. The molecule has 1 aliphatic heterocycles. The summed E-state index contributed by atoms with van der Waals surface area (Å²) in [4.78, 5) is 16.5. The van der Waals surface area contributed by atoms with Gasteiger partial charge in [-0.15, -0.1) is 0 Å². The maximum atomic E-state index is 12.1. The molecule has 4 rings (SSSR count). The molecule has 0 aliphatic carbocycles. The topological polar surface area (TPSA) is 56.5 Å². The Morgan fingerprint density at radius 2 is 2.04 bits per heavy atom. The third kappa shape index (κ3) is 3.83. The summed E-state index contributed by atoms with van der Waals surface area (Å²) in [7, 11) is 0. The summed E-state index contributed by atoms with van der Waals surface area (Å²) in [5.41, 5.74) is 3.85. The summed E-state index contributed by atoms with van der Waals surface area (Å²) < 4.78 is 7.07. The van der Waals surface area contributed by atoms with Gasteiger partial charge in [-0.2, -0.15) is 5.10 Å². The highest BCUT2D eigenvalue weighted by Gasteiger charge is 2.24. The lowest BCUT2D eigenvalue weighted by Gasteiger charge is -2.03. The number of cyclic esters (lactones) is 1. The molecule has 0 saturated heterocycles. The molecule has 0 N–H and O–H groups in total. The molecule has 3 aromatic rings. The monoisotopic (exact) mass is 377 g/mol. The Balaban J connectivity index is 1.56. The summed E-state index contributed by atoms with van der Waals surface area (Å²) in [6.45, 7) is 2.52. The van der Waals surface area contributed by atoms with Crippen LogP contribution in [0.1, 0.15) is 22.3 Å². The van der Waals surface area contributed by atoms with Gasteiger partial charge in [-0.05, 0) is 36.8 Å². The van der Waals surface area contributed by atoms with Crippen LogP contribution in [0.25, 0.3) is 6.08 Å². The van der Waals surface area contributed by atoms with E-state index in [4.69, 9.17) is 16.3 Å². The molecule has 5 nitrogen and oxygen atoms in total. The largest absolute Gasteiger partial charge is 0.402 e. The molecule has 0 unspecified atom stereocenters. The van der Waals surface area contributed by atoms with Gasteiger partial charge in [0, 0.05) is 22.3 Å². The second-order valence-corrected chi connectivity index (χ2v) is 6.68. The molecule has 6 heteroatoms. The molecular formula is C21H16ClN3O2. The van der Waals surface area contributed by atoms with Crippen LogP contribution >= 0.6 is 11.6 Å². The molecule has 0 amide bonds. The van der Waals surface area contributed by atoms with E-state index in [1.807, 2.05) is 61.7 Å². The van der Waals surface area contributed by atoms with Crippen LogP contribution in [0.15, 0.2) is 71.6 Å². The number of hydrogen-bond acceptors (Lipinski definition) is 4. The van der Waals surface area contributed by atoms with Gasteiger partial charge in [0.1, 0.15) is 0 Å². The van der Waals surface area contributed by atoms with E-state index in [1.54, 1.807) is 17.0 Å². The lowest BCUT2D eigenvalue weighted by Crippen LogP contribution is -2.05. The fraction of sp³-hybridized carbons (Fsp3) is 0.0952. The van der Waals surface area contributed by atoms with Crippen LogP contribution in [0.2, 0.25) is 5.02 Å². The maximum absolute atomic E-state index is 12.1. The molecule has 134 valence electrons. The minimum absolute atomic E-state index is 0.254. The molecule has 0 saturated carbocycles. The first-order valence-electron chi connectivity index (χ1n) is 8.44. The molecule has 0 fully saturated rings. The standard InChI is InChI=1S/C21H16ClN3O2/c1-14-5-4-7-16(9-14)20-24-19(21(26)27-20)10-15-11-23-25(12-15)13-17-6-2-3-8-18(17)22/h2-12H,13H2,1H3/b19-10-. The van der Waals surface area contributed by atoms with Crippen LogP contribution in [0, 0.1) is 6.92 Å². The van der Waals surface area contributed by atoms with E-state index >= 15 is 0 Å². The van der Waals surface area contributed by atoms with Crippen LogP contribution in [0.4, 0.5) is 0 Å². The number of aliphatic imine (C=N–C) groups is 1. The Morgan fingerprint density at radius 3 is 2.85 bits per heavy atom. The smallest absolute Gasteiger partial charge is 0.363 e. The van der Waals surface area contributed by atoms with Crippen molar-refractivity contribution < 1.29 is 9.53 Å². The number of carbonyl (C=O) groups excluding carboxylic acids is 1. The number of aryl methyl sites for hydroxylation is 1. The van der Waals surface area contributed by atoms with Crippen LogP contribution in [-0.2, 0) is 16.1 Å². The lowest BCUT2D eigenvalue weighted by atomic mass is 10.1. The van der Waals surface area contributed by atoms with Gasteiger partial charge in [0.05, 0.1) is 12.7 Å². The molecule has 0 bridgehead atoms.